The van der Waals surface area contributed by atoms with Gasteiger partial charge in [0.1, 0.15) is 23.8 Å². The number of methoxy groups -OCH3 is 2. The molecule has 2 aromatic heterocycles. The quantitative estimate of drug-likeness (QED) is 0.678. The predicted octanol–water partition coefficient (Wildman–Crippen LogP) is 2.71. The molecule has 0 aliphatic rings. The second-order valence-corrected chi connectivity index (χ2v) is 4.88. The first-order chi connectivity index (χ1) is 11.2. The van der Waals surface area contributed by atoms with Crippen molar-refractivity contribution in [2.24, 2.45) is 0 Å². The van der Waals surface area contributed by atoms with Crippen LogP contribution in [0.3, 0.4) is 0 Å². The third-order valence-corrected chi connectivity index (χ3v) is 3.35. The minimum absolute atomic E-state index is 0.0973. The van der Waals surface area contributed by atoms with Crippen LogP contribution in [0.2, 0.25) is 0 Å². The van der Waals surface area contributed by atoms with Crippen LogP contribution in [0.4, 0.5) is 0 Å². The van der Waals surface area contributed by atoms with Gasteiger partial charge in [-0.3, -0.25) is 0 Å². The second-order valence-electron chi connectivity index (χ2n) is 4.88. The maximum absolute atomic E-state index is 12.2. The zero-order valence-corrected chi connectivity index (χ0v) is 12.9. The summed E-state index contributed by atoms with van der Waals surface area (Å²) in [7, 11) is 3.06. The van der Waals surface area contributed by atoms with Gasteiger partial charge >= 0.3 is 5.97 Å². The van der Waals surface area contributed by atoms with Gasteiger partial charge in [-0.2, -0.15) is 0 Å². The third kappa shape index (κ3) is 3.26. The molecule has 23 heavy (non-hydrogen) atoms. The fraction of sp³-hybridized carbons (Fsp3) is 0.176. The van der Waals surface area contributed by atoms with E-state index >= 15 is 0 Å². The highest BCUT2D eigenvalue weighted by Gasteiger charge is 2.12. The Kier molecular flexibility index (Phi) is 4.14. The molecule has 0 bridgehead atoms. The van der Waals surface area contributed by atoms with Crippen molar-refractivity contribution in [3.63, 3.8) is 0 Å². The molecule has 0 amide bonds. The number of ether oxygens (including phenoxy) is 3. The predicted molar refractivity (Wildman–Crippen MR) is 83.9 cm³/mol. The molecule has 0 saturated carbocycles. The summed E-state index contributed by atoms with van der Waals surface area (Å²) in [6.45, 7) is 0.0973. The molecule has 0 saturated heterocycles. The molecule has 0 atom stereocenters. The van der Waals surface area contributed by atoms with Crippen molar-refractivity contribution in [1.29, 1.82) is 0 Å². The van der Waals surface area contributed by atoms with Crippen LogP contribution in [-0.2, 0) is 11.3 Å². The number of fused-ring (bicyclic) bond motifs is 1. The molecule has 0 aliphatic heterocycles. The van der Waals surface area contributed by atoms with Gasteiger partial charge in [0.25, 0.3) is 0 Å². The Balaban J connectivity index is 1.73. The molecule has 6 heteroatoms. The molecular weight excluding hydrogens is 296 g/mol. The van der Waals surface area contributed by atoms with Crippen LogP contribution in [0, 0.1) is 0 Å². The summed E-state index contributed by atoms with van der Waals surface area (Å²) >= 11 is 0. The summed E-state index contributed by atoms with van der Waals surface area (Å²) in [5.41, 5.74) is 1.85. The highest BCUT2D eigenvalue weighted by molar-refractivity contribution is 5.90. The average molecular weight is 312 g/mol. The smallest absolute Gasteiger partial charge is 0.338 e. The fourth-order valence-corrected chi connectivity index (χ4v) is 2.20. The van der Waals surface area contributed by atoms with E-state index in [2.05, 4.69) is 4.98 Å². The molecule has 118 valence electrons. The summed E-state index contributed by atoms with van der Waals surface area (Å²) in [5, 5.41) is 0. The molecule has 0 unspecified atom stereocenters. The standard InChI is InChI=1S/C17H16N2O4/c1-21-14-7-12(8-15(9-14)22-2)17(20)23-11-13-10-19-6-4-3-5-16(19)18-13/h3-10H,11H2,1-2H3. The maximum Gasteiger partial charge on any atom is 0.338 e. The number of pyridine rings is 1. The van der Waals surface area contributed by atoms with E-state index in [9.17, 15) is 4.79 Å². The Morgan fingerprint density at radius 3 is 2.52 bits per heavy atom. The van der Waals surface area contributed by atoms with Gasteiger partial charge in [-0.25, -0.2) is 9.78 Å². The van der Waals surface area contributed by atoms with Crippen molar-refractivity contribution >= 4 is 11.6 Å². The zero-order chi connectivity index (χ0) is 16.2. The average Bonchev–Trinajstić information content (AvgIpc) is 3.02. The normalized spacial score (nSPS) is 10.5. The second kappa shape index (κ2) is 6.39. The first-order valence-electron chi connectivity index (χ1n) is 7.02. The Bertz CT molecular complexity index is 786. The number of carbonyl (C=O) groups excluding carboxylic acids is 1. The first-order valence-corrected chi connectivity index (χ1v) is 7.02. The van der Waals surface area contributed by atoms with E-state index < -0.39 is 5.97 Å². The Morgan fingerprint density at radius 2 is 1.87 bits per heavy atom. The van der Waals surface area contributed by atoms with E-state index in [1.54, 1.807) is 18.2 Å². The van der Waals surface area contributed by atoms with Crippen LogP contribution in [0.15, 0.2) is 48.8 Å². The monoisotopic (exact) mass is 312 g/mol. The van der Waals surface area contributed by atoms with Crippen molar-refractivity contribution in [1.82, 2.24) is 9.38 Å². The zero-order valence-electron chi connectivity index (χ0n) is 12.9. The van der Waals surface area contributed by atoms with E-state index in [0.29, 0.717) is 22.8 Å². The van der Waals surface area contributed by atoms with Gasteiger partial charge in [-0.1, -0.05) is 6.07 Å². The van der Waals surface area contributed by atoms with E-state index in [1.165, 1.54) is 14.2 Å². The van der Waals surface area contributed by atoms with Crippen LogP contribution >= 0.6 is 0 Å². The minimum atomic E-state index is -0.459. The van der Waals surface area contributed by atoms with Crippen LogP contribution < -0.4 is 9.47 Å². The number of carbonyl (C=O) groups is 1. The van der Waals surface area contributed by atoms with Gasteiger partial charge in [0.05, 0.1) is 25.5 Å². The highest BCUT2D eigenvalue weighted by atomic mass is 16.5. The molecule has 2 heterocycles. The van der Waals surface area contributed by atoms with Gasteiger partial charge in [-0.15, -0.1) is 0 Å². The number of nitrogens with zero attached hydrogens (tertiary/aromatic N) is 2. The maximum atomic E-state index is 12.2. The number of hydrogen-bond donors (Lipinski definition) is 0. The van der Waals surface area contributed by atoms with Crippen LogP contribution in [0.1, 0.15) is 16.1 Å². The van der Waals surface area contributed by atoms with Gasteiger partial charge in [0, 0.05) is 18.5 Å². The lowest BCUT2D eigenvalue weighted by molar-refractivity contribution is 0.0467. The van der Waals surface area contributed by atoms with Gasteiger partial charge in [0.15, 0.2) is 0 Å². The first kappa shape index (κ1) is 14.9. The van der Waals surface area contributed by atoms with Gasteiger partial charge in [0.2, 0.25) is 0 Å². The largest absolute Gasteiger partial charge is 0.497 e. The number of esters is 1. The van der Waals surface area contributed by atoms with Crippen molar-refractivity contribution in [3.8, 4) is 11.5 Å². The van der Waals surface area contributed by atoms with E-state index in [4.69, 9.17) is 14.2 Å². The molecule has 3 rings (SSSR count). The number of rotatable bonds is 5. The summed E-state index contributed by atoms with van der Waals surface area (Å²) in [6, 6.07) is 10.6. The lowest BCUT2D eigenvalue weighted by Crippen LogP contribution is -2.06. The lowest BCUT2D eigenvalue weighted by Gasteiger charge is -2.08. The molecule has 3 aromatic rings. The highest BCUT2D eigenvalue weighted by Crippen LogP contribution is 2.23. The number of benzene rings is 1. The van der Waals surface area contributed by atoms with Crippen molar-refractivity contribution in [2.45, 2.75) is 6.61 Å². The van der Waals surface area contributed by atoms with E-state index in [-0.39, 0.29) is 6.61 Å². The summed E-state index contributed by atoms with van der Waals surface area (Å²) in [5.74, 6) is 0.604. The van der Waals surface area contributed by atoms with Crippen LogP contribution in [0.5, 0.6) is 11.5 Å². The van der Waals surface area contributed by atoms with Crippen molar-refractivity contribution < 1.29 is 19.0 Å². The summed E-state index contributed by atoms with van der Waals surface area (Å²) in [4.78, 5) is 16.6. The topological polar surface area (TPSA) is 62.1 Å². The number of imidazole rings is 1. The van der Waals surface area contributed by atoms with Gasteiger partial charge in [-0.05, 0) is 24.3 Å². The molecule has 0 spiro atoms. The van der Waals surface area contributed by atoms with E-state index in [0.717, 1.165) is 5.65 Å². The molecular formula is C17H16N2O4. The Morgan fingerprint density at radius 1 is 1.13 bits per heavy atom. The number of aromatic nitrogens is 2. The fourth-order valence-electron chi connectivity index (χ4n) is 2.20. The molecule has 6 nitrogen and oxygen atoms in total. The lowest BCUT2D eigenvalue weighted by atomic mass is 10.2. The molecule has 1 aromatic carbocycles. The Labute approximate surface area is 133 Å². The molecule has 0 aliphatic carbocycles. The molecule has 0 radical (unpaired) electrons. The molecule has 0 fully saturated rings. The Hall–Kier alpha value is -3.02. The summed E-state index contributed by atoms with van der Waals surface area (Å²) in [6.07, 6.45) is 3.72. The molecule has 0 N–H and O–H groups in total. The van der Waals surface area contributed by atoms with Crippen molar-refractivity contribution in [2.75, 3.05) is 14.2 Å². The third-order valence-electron chi connectivity index (χ3n) is 3.35. The van der Waals surface area contributed by atoms with Crippen LogP contribution in [0.25, 0.3) is 5.65 Å². The summed E-state index contributed by atoms with van der Waals surface area (Å²) < 4.78 is 17.5. The van der Waals surface area contributed by atoms with Crippen LogP contribution in [-0.4, -0.2) is 29.6 Å². The number of hydrogen-bond acceptors (Lipinski definition) is 5. The van der Waals surface area contributed by atoms with Gasteiger partial charge < -0.3 is 18.6 Å². The van der Waals surface area contributed by atoms with Crippen molar-refractivity contribution in [3.05, 3.63) is 60.0 Å². The minimum Gasteiger partial charge on any atom is -0.497 e. The SMILES string of the molecule is COc1cc(OC)cc(C(=O)OCc2cn3ccccc3n2)c1. The van der Waals surface area contributed by atoms with E-state index in [1.807, 2.05) is 35.0 Å².